The predicted octanol–water partition coefficient (Wildman–Crippen LogP) is 1.60. The van der Waals surface area contributed by atoms with Crippen molar-refractivity contribution in [1.29, 1.82) is 0 Å². The molecule has 0 atom stereocenters. The zero-order chi connectivity index (χ0) is 16.1. The lowest BCUT2D eigenvalue weighted by atomic mass is 10.3. The Morgan fingerprint density at radius 1 is 1.17 bits per heavy atom. The fraction of sp³-hybridized carbons (Fsp3) is 0.125. The van der Waals surface area contributed by atoms with Crippen LogP contribution in [0.4, 0.5) is 0 Å². The second-order valence-corrected chi connectivity index (χ2v) is 4.75. The third-order valence-corrected chi connectivity index (χ3v) is 3.17. The Morgan fingerprint density at radius 3 is 2.70 bits per heavy atom. The molecule has 3 aromatic rings. The average molecular weight is 309 g/mol. The summed E-state index contributed by atoms with van der Waals surface area (Å²) in [5.41, 5.74) is 1.93. The number of nitrogens with zero attached hydrogens (tertiary/aromatic N) is 4. The van der Waals surface area contributed by atoms with Gasteiger partial charge in [0.2, 0.25) is 5.88 Å². The second-order valence-electron chi connectivity index (χ2n) is 4.75. The van der Waals surface area contributed by atoms with Crippen LogP contribution in [0, 0.1) is 0 Å². The molecule has 0 aliphatic heterocycles. The van der Waals surface area contributed by atoms with Crippen LogP contribution in [0.2, 0.25) is 0 Å². The number of carbonyl (C=O) groups excluding carboxylic acids is 1. The first-order valence-electron chi connectivity index (χ1n) is 7.01. The number of para-hydroxylation sites is 1. The molecule has 2 heterocycles. The highest BCUT2D eigenvalue weighted by molar-refractivity contribution is 5.91. The van der Waals surface area contributed by atoms with E-state index in [1.165, 1.54) is 11.0 Å². The van der Waals surface area contributed by atoms with Gasteiger partial charge in [-0.25, -0.2) is 4.98 Å². The lowest BCUT2D eigenvalue weighted by Gasteiger charge is -2.04. The smallest absolute Gasteiger partial charge is 0.273 e. The molecular formula is C16H15N5O2. The molecule has 0 bridgehead atoms. The van der Waals surface area contributed by atoms with Gasteiger partial charge < -0.3 is 10.1 Å². The van der Waals surface area contributed by atoms with E-state index in [1.54, 1.807) is 19.4 Å². The van der Waals surface area contributed by atoms with Crippen LogP contribution in [0.25, 0.3) is 5.69 Å². The summed E-state index contributed by atoms with van der Waals surface area (Å²) in [6, 6.07) is 13.0. The quantitative estimate of drug-likeness (QED) is 0.774. The van der Waals surface area contributed by atoms with Gasteiger partial charge in [0.25, 0.3) is 5.91 Å². The number of rotatable bonds is 5. The Hall–Kier alpha value is -3.22. The summed E-state index contributed by atoms with van der Waals surface area (Å²) in [6.45, 7) is 0.355. The molecule has 7 heteroatoms. The normalized spacial score (nSPS) is 10.3. The highest BCUT2D eigenvalue weighted by Crippen LogP contribution is 2.07. The van der Waals surface area contributed by atoms with Gasteiger partial charge in [-0.15, -0.1) is 5.10 Å². The Morgan fingerprint density at radius 2 is 2.00 bits per heavy atom. The molecule has 3 rings (SSSR count). The van der Waals surface area contributed by atoms with E-state index in [2.05, 4.69) is 20.5 Å². The van der Waals surface area contributed by atoms with Gasteiger partial charge in [-0.05, 0) is 17.7 Å². The number of methoxy groups -OCH3 is 1. The molecule has 0 radical (unpaired) electrons. The van der Waals surface area contributed by atoms with Crippen molar-refractivity contribution in [2.24, 2.45) is 0 Å². The van der Waals surface area contributed by atoms with Crippen molar-refractivity contribution in [3.8, 4) is 11.6 Å². The molecule has 0 aliphatic carbocycles. The molecule has 0 fully saturated rings. The van der Waals surface area contributed by atoms with Crippen LogP contribution in [0.3, 0.4) is 0 Å². The van der Waals surface area contributed by atoms with Crippen LogP contribution >= 0.6 is 0 Å². The van der Waals surface area contributed by atoms with Crippen molar-refractivity contribution in [3.63, 3.8) is 0 Å². The molecule has 1 aromatic carbocycles. The van der Waals surface area contributed by atoms with Crippen LogP contribution < -0.4 is 10.1 Å². The first-order valence-corrected chi connectivity index (χ1v) is 7.01. The van der Waals surface area contributed by atoms with Gasteiger partial charge in [0, 0.05) is 18.8 Å². The van der Waals surface area contributed by atoms with E-state index in [0.29, 0.717) is 12.4 Å². The summed E-state index contributed by atoms with van der Waals surface area (Å²) in [6.07, 6.45) is 3.09. The maximum atomic E-state index is 12.1. The van der Waals surface area contributed by atoms with Gasteiger partial charge in [0.05, 0.1) is 19.0 Å². The molecule has 1 N–H and O–H groups in total. The minimum atomic E-state index is -0.289. The van der Waals surface area contributed by atoms with Crippen molar-refractivity contribution in [2.75, 3.05) is 7.11 Å². The number of ether oxygens (including phenoxy) is 1. The summed E-state index contributed by atoms with van der Waals surface area (Å²) in [4.78, 5) is 17.6. The highest BCUT2D eigenvalue weighted by atomic mass is 16.5. The van der Waals surface area contributed by atoms with Crippen LogP contribution in [0.15, 0.2) is 54.9 Å². The molecule has 0 saturated heterocycles. The van der Waals surface area contributed by atoms with Crippen LogP contribution in [-0.4, -0.2) is 33.0 Å². The van der Waals surface area contributed by atoms with Gasteiger partial charge in [0.1, 0.15) is 0 Å². The molecule has 2 aromatic heterocycles. The standard InChI is InChI=1S/C16H15N5O2/c1-23-15-8-7-12(9-17-15)10-18-16(22)14-11-19-21(20-14)13-5-3-2-4-6-13/h2-9,11H,10H2,1H3,(H,18,22). The molecular weight excluding hydrogens is 294 g/mol. The second kappa shape index (κ2) is 6.69. The Bertz CT molecular complexity index is 784. The number of amides is 1. The fourth-order valence-electron chi connectivity index (χ4n) is 1.96. The van der Waals surface area contributed by atoms with E-state index in [1.807, 2.05) is 36.4 Å². The van der Waals surface area contributed by atoms with Crippen molar-refractivity contribution in [2.45, 2.75) is 6.54 Å². The topological polar surface area (TPSA) is 81.9 Å². The zero-order valence-corrected chi connectivity index (χ0v) is 12.5. The lowest BCUT2D eigenvalue weighted by molar-refractivity contribution is 0.0945. The number of aromatic nitrogens is 4. The largest absolute Gasteiger partial charge is 0.481 e. The van der Waals surface area contributed by atoms with E-state index >= 15 is 0 Å². The van der Waals surface area contributed by atoms with Crippen LogP contribution in [0.5, 0.6) is 5.88 Å². The van der Waals surface area contributed by atoms with Crippen molar-refractivity contribution >= 4 is 5.91 Å². The maximum absolute atomic E-state index is 12.1. The molecule has 23 heavy (non-hydrogen) atoms. The Labute approximate surface area is 132 Å². The summed E-state index contributed by atoms with van der Waals surface area (Å²) in [7, 11) is 1.56. The predicted molar refractivity (Wildman–Crippen MR) is 83.3 cm³/mol. The van der Waals surface area contributed by atoms with Crippen molar-refractivity contribution in [3.05, 3.63) is 66.1 Å². The van der Waals surface area contributed by atoms with Gasteiger partial charge >= 0.3 is 0 Å². The summed E-state index contributed by atoms with van der Waals surface area (Å²) >= 11 is 0. The lowest BCUT2D eigenvalue weighted by Crippen LogP contribution is -2.23. The van der Waals surface area contributed by atoms with Gasteiger partial charge in [-0.2, -0.15) is 9.90 Å². The van der Waals surface area contributed by atoms with Crippen LogP contribution in [0.1, 0.15) is 16.1 Å². The average Bonchev–Trinajstić information content (AvgIpc) is 3.11. The maximum Gasteiger partial charge on any atom is 0.273 e. The van der Waals surface area contributed by atoms with Crippen molar-refractivity contribution in [1.82, 2.24) is 25.3 Å². The number of carbonyl (C=O) groups is 1. The minimum absolute atomic E-state index is 0.260. The SMILES string of the molecule is COc1ccc(CNC(=O)c2cnn(-c3ccccc3)n2)cn1. The van der Waals surface area contributed by atoms with E-state index in [-0.39, 0.29) is 11.6 Å². The molecule has 1 amide bonds. The number of benzene rings is 1. The number of hydrogen-bond donors (Lipinski definition) is 1. The molecule has 0 aliphatic rings. The molecule has 7 nitrogen and oxygen atoms in total. The van der Waals surface area contributed by atoms with Gasteiger partial charge in [-0.1, -0.05) is 24.3 Å². The third kappa shape index (κ3) is 3.52. The molecule has 0 saturated carbocycles. The highest BCUT2D eigenvalue weighted by Gasteiger charge is 2.11. The summed E-state index contributed by atoms with van der Waals surface area (Å²) in [5, 5.41) is 11.1. The number of nitrogens with one attached hydrogen (secondary N) is 1. The van der Waals surface area contributed by atoms with E-state index < -0.39 is 0 Å². The minimum Gasteiger partial charge on any atom is -0.481 e. The third-order valence-electron chi connectivity index (χ3n) is 3.17. The molecule has 0 unspecified atom stereocenters. The summed E-state index contributed by atoms with van der Waals surface area (Å²) in [5.74, 6) is 0.244. The first kappa shape index (κ1) is 14.7. The number of hydrogen-bond acceptors (Lipinski definition) is 5. The van der Waals surface area contributed by atoms with E-state index in [0.717, 1.165) is 11.3 Å². The first-order chi connectivity index (χ1) is 11.3. The molecule has 0 spiro atoms. The zero-order valence-electron chi connectivity index (χ0n) is 12.5. The van der Waals surface area contributed by atoms with Crippen molar-refractivity contribution < 1.29 is 9.53 Å². The fourth-order valence-corrected chi connectivity index (χ4v) is 1.96. The van der Waals surface area contributed by atoms with Crippen LogP contribution in [-0.2, 0) is 6.54 Å². The van der Waals surface area contributed by atoms with Gasteiger partial charge in [-0.3, -0.25) is 4.79 Å². The summed E-state index contributed by atoms with van der Waals surface area (Å²) < 4.78 is 4.99. The monoisotopic (exact) mass is 309 g/mol. The van der Waals surface area contributed by atoms with E-state index in [9.17, 15) is 4.79 Å². The Balaban J connectivity index is 1.63. The van der Waals surface area contributed by atoms with E-state index in [4.69, 9.17) is 4.74 Å². The van der Waals surface area contributed by atoms with Gasteiger partial charge in [0.15, 0.2) is 5.69 Å². The number of pyridine rings is 1. The molecule has 116 valence electrons. The Kier molecular flexibility index (Phi) is 4.28.